The van der Waals surface area contributed by atoms with E-state index in [4.69, 9.17) is 4.74 Å². The van der Waals surface area contributed by atoms with Crippen molar-refractivity contribution in [3.05, 3.63) is 29.6 Å². The van der Waals surface area contributed by atoms with Crippen LogP contribution in [0.3, 0.4) is 0 Å². The number of benzene rings is 1. The molecule has 4 amide bonds. The highest BCUT2D eigenvalue weighted by atomic mass is 19.1. The maximum atomic E-state index is 13.7. The Morgan fingerprint density at radius 1 is 1.20 bits per heavy atom. The summed E-state index contributed by atoms with van der Waals surface area (Å²) in [6, 6.07) is 2.53. The second-order valence-electron chi connectivity index (χ2n) is 6.06. The normalized spacial score (nSPS) is 18.4. The molecular weight excluding hydrogens is 331 g/mol. The molecule has 0 bridgehead atoms. The number of nitrogens with zero attached hydrogens (tertiary/aromatic N) is 2. The van der Waals surface area contributed by atoms with Gasteiger partial charge >= 0.3 is 17.8 Å². The summed E-state index contributed by atoms with van der Waals surface area (Å²) in [6.07, 6.45) is 3.10. The number of Topliss-reactive ketones (excluding diaryl/α,β-unsaturated/α-hetero) is 1. The molecule has 0 radical (unpaired) electrons. The minimum Gasteiger partial charge on any atom is -0.494 e. The molecule has 1 saturated carbocycles. The fourth-order valence-electron chi connectivity index (χ4n) is 3.22. The van der Waals surface area contributed by atoms with Crippen LogP contribution in [0, 0.1) is 5.82 Å². The maximum absolute atomic E-state index is 13.7. The number of hydrogen-bond acceptors (Lipinski definition) is 5. The van der Waals surface area contributed by atoms with Gasteiger partial charge in [-0.1, -0.05) is 12.8 Å². The number of ether oxygens (including phenoxy) is 1. The molecule has 0 atom stereocenters. The standard InChI is InChI=1S/C17H17FN2O5/c1-25-14-7-6-10(8-12(14)18)13(21)9-19-15(22)16(23)20(17(19)24)11-4-2-3-5-11/h6-8,11H,2-5,9H2,1H3. The van der Waals surface area contributed by atoms with Gasteiger partial charge in [0, 0.05) is 11.6 Å². The van der Waals surface area contributed by atoms with Gasteiger partial charge in [0.05, 0.1) is 13.7 Å². The molecule has 2 aliphatic rings. The number of methoxy groups -OCH3 is 1. The van der Waals surface area contributed by atoms with Gasteiger partial charge in [0.15, 0.2) is 17.3 Å². The first-order valence-corrected chi connectivity index (χ1v) is 7.99. The molecule has 0 unspecified atom stereocenters. The highest BCUT2D eigenvalue weighted by molar-refractivity contribution is 6.45. The van der Waals surface area contributed by atoms with Crippen molar-refractivity contribution in [2.45, 2.75) is 31.7 Å². The van der Waals surface area contributed by atoms with Crippen LogP contribution in [-0.4, -0.2) is 53.1 Å². The summed E-state index contributed by atoms with van der Waals surface area (Å²) < 4.78 is 18.5. The van der Waals surface area contributed by atoms with E-state index in [0.29, 0.717) is 17.7 Å². The molecule has 1 aliphatic heterocycles. The van der Waals surface area contributed by atoms with Crippen LogP contribution in [0.4, 0.5) is 9.18 Å². The van der Waals surface area contributed by atoms with Gasteiger partial charge in [-0.05, 0) is 31.0 Å². The Kier molecular flexibility index (Phi) is 4.52. The Morgan fingerprint density at radius 2 is 1.88 bits per heavy atom. The second-order valence-corrected chi connectivity index (χ2v) is 6.06. The molecule has 1 aromatic carbocycles. The molecule has 0 N–H and O–H groups in total. The van der Waals surface area contributed by atoms with Crippen molar-refractivity contribution >= 4 is 23.6 Å². The number of amides is 4. The highest BCUT2D eigenvalue weighted by Crippen LogP contribution is 2.28. The van der Waals surface area contributed by atoms with Gasteiger partial charge in [-0.25, -0.2) is 14.1 Å². The van der Waals surface area contributed by atoms with Gasteiger partial charge in [-0.2, -0.15) is 0 Å². The zero-order valence-corrected chi connectivity index (χ0v) is 13.7. The van der Waals surface area contributed by atoms with Gasteiger partial charge in [-0.15, -0.1) is 0 Å². The fourth-order valence-corrected chi connectivity index (χ4v) is 3.22. The van der Waals surface area contributed by atoms with Crippen LogP contribution in [-0.2, 0) is 9.59 Å². The van der Waals surface area contributed by atoms with Crippen LogP contribution in [0.5, 0.6) is 5.75 Å². The Labute approximate surface area is 143 Å². The minimum absolute atomic E-state index is 0.00864. The smallest absolute Gasteiger partial charge is 0.334 e. The van der Waals surface area contributed by atoms with E-state index in [9.17, 15) is 23.6 Å². The largest absolute Gasteiger partial charge is 0.494 e. The van der Waals surface area contributed by atoms with E-state index in [1.165, 1.54) is 19.2 Å². The molecule has 0 spiro atoms. The third-order valence-electron chi connectivity index (χ3n) is 4.55. The Hall–Kier alpha value is -2.77. The van der Waals surface area contributed by atoms with Crippen LogP contribution in [0.15, 0.2) is 18.2 Å². The third kappa shape index (κ3) is 2.99. The van der Waals surface area contributed by atoms with E-state index >= 15 is 0 Å². The van der Waals surface area contributed by atoms with Crippen molar-refractivity contribution in [2.75, 3.05) is 13.7 Å². The van der Waals surface area contributed by atoms with Crippen LogP contribution >= 0.6 is 0 Å². The molecule has 25 heavy (non-hydrogen) atoms. The second kappa shape index (κ2) is 6.62. The summed E-state index contributed by atoms with van der Waals surface area (Å²) in [5.41, 5.74) is -0.00864. The van der Waals surface area contributed by atoms with Crippen molar-refractivity contribution in [3.63, 3.8) is 0 Å². The molecule has 8 heteroatoms. The van der Waals surface area contributed by atoms with Gasteiger partial charge < -0.3 is 4.74 Å². The summed E-state index contributed by atoms with van der Waals surface area (Å²) in [5.74, 6) is -3.29. The number of carbonyl (C=O) groups is 4. The molecule has 132 valence electrons. The summed E-state index contributed by atoms with van der Waals surface area (Å²) in [6.45, 7) is -0.599. The predicted molar refractivity (Wildman–Crippen MR) is 83.5 cm³/mol. The van der Waals surface area contributed by atoms with Crippen LogP contribution in [0.1, 0.15) is 36.0 Å². The lowest BCUT2D eigenvalue weighted by Crippen LogP contribution is -2.41. The first-order chi connectivity index (χ1) is 11.9. The van der Waals surface area contributed by atoms with Crippen LogP contribution in [0.25, 0.3) is 0 Å². The molecule has 3 rings (SSSR count). The van der Waals surface area contributed by atoms with Crippen LogP contribution in [0.2, 0.25) is 0 Å². The van der Waals surface area contributed by atoms with Crippen molar-refractivity contribution in [1.82, 2.24) is 9.80 Å². The lowest BCUT2D eigenvalue weighted by molar-refractivity contribution is -0.143. The Balaban J connectivity index is 1.76. The third-order valence-corrected chi connectivity index (χ3v) is 4.55. The van der Waals surface area contributed by atoms with E-state index in [0.717, 1.165) is 23.8 Å². The average molecular weight is 348 g/mol. The SMILES string of the molecule is COc1ccc(C(=O)CN2C(=O)C(=O)N(C3CCCC3)C2=O)cc1F. The number of carbonyl (C=O) groups excluding carboxylic acids is 4. The molecule has 1 heterocycles. The molecule has 1 aromatic rings. The number of halogens is 1. The lowest BCUT2D eigenvalue weighted by Gasteiger charge is -2.20. The maximum Gasteiger partial charge on any atom is 0.334 e. The number of urea groups is 1. The van der Waals surface area contributed by atoms with Crippen molar-refractivity contribution in [2.24, 2.45) is 0 Å². The van der Waals surface area contributed by atoms with E-state index in [2.05, 4.69) is 0 Å². The van der Waals surface area contributed by atoms with Crippen molar-refractivity contribution in [3.8, 4) is 5.75 Å². The Bertz CT molecular complexity index is 757. The van der Waals surface area contributed by atoms with Crippen molar-refractivity contribution < 1.29 is 28.3 Å². The molecular formula is C17H17FN2O5. The summed E-state index contributed by atoms with van der Waals surface area (Å²) >= 11 is 0. The number of rotatable bonds is 5. The summed E-state index contributed by atoms with van der Waals surface area (Å²) in [4.78, 5) is 50.5. The molecule has 7 nitrogen and oxygen atoms in total. The first-order valence-electron chi connectivity index (χ1n) is 7.99. The lowest BCUT2D eigenvalue weighted by atomic mass is 10.1. The fraction of sp³-hybridized carbons (Fsp3) is 0.412. The Morgan fingerprint density at radius 3 is 2.48 bits per heavy atom. The van der Waals surface area contributed by atoms with Gasteiger partial charge in [0.1, 0.15) is 0 Å². The molecule has 1 saturated heterocycles. The monoisotopic (exact) mass is 348 g/mol. The number of imide groups is 2. The quantitative estimate of drug-likeness (QED) is 0.460. The van der Waals surface area contributed by atoms with Gasteiger partial charge in [-0.3, -0.25) is 19.3 Å². The van der Waals surface area contributed by atoms with E-state index < -0.39 is 36.0 Å². The van der Waals surface area contributed by atoms with Gasteiger partial charge in [0.25, 0.3) is 0 Å². The molecule has 1 aliphatic carbocycles. The average Bonchev–Trinajstić information content (AvgIpc) is 3.18. The summed E-state index contributed by atoms with van der Waals surface area (Å²) in [5, 5.41) is 0. The highest BCUT2D eigenvalue weighted by Gasteiger charge is 2.48. The zero-order valence-electron chi connectivity index (χ0n) is 13.7. The zero-order chi connectivity index (χ0) is 18.1. The number of hydrogen-bond donors (Lipinski definition) is 0. The predicted octanol–water partition coefficient (Wildman–Crippen LogP) is 1.75. The van der Waals surface area contributed by atoms with Crippen molar-refractivity contribution in [1.29, 1.82) is 0 Å². The minimum atomic E-state index is -1.01. The van der Waals surface area contributed by atoms with Gasteiger partial charge in [0.2, 0.25) is 0 Å². The molecule has 0 aromatic heterocycles. The topological polar surface area (TPSA) is 84.0 Å². The first kappa shape index (κ1) is 17.1. The van der Waals surface area contributed by atoms with E-state index in [1.54, 1.807) is 0 Å². The van der Waals surface area contributed by atoms with E-state index in [1.807, 2.05) is 0 Å². The number of ketones is 1. The van der Waals surface area contributed by atoms with E-state index in [-0.39, 0.29) is 17.4 Å². The molecule has 2 fully saturated rings. The summed E-state index contributed by atoms with van der Waals surface area (Å²) in [7, 11) is 1.30. The van der Waals surface area contributed by atoms with Crippen LogP contribution < -0.4 is 4.74 Å².